The van der Waals surface area contributed by atoms with Gasteiger partial charge in [-0.05, 0) is 6.92 Å². The number of carbonyl (C=O) groups is 1. The fourth-order valence-electron chi connectivity index (χ4n) is 2.14. The first kappa shape index (κ1) is 11.8. The third-order valence-corrected chi connectivity index (χ3v) is 3.05. The minimum Gasteiger partial charge on any atom is -0.378 e. The van der Waals surface area contributed by atoms with E-state index >= 15 is 0 Å². The minimum atomic E-state index is 0.220. The van der Waals surface area contributed by atoms with Gasteiger partial charge in [0.15, 0.2) is 0 Å². The number of carbonyl (C=O) groups excluding carboxylic acids is 1. The number of morpholine rings is 2. The third-order valence-electron chi connectivity index (χ3n) is 3.05. The molecule has 0 saturated carbocycles. The highest BCUT2D eigenvalue weighted by Crippen LogP contribution is 2.05. The third kappa shape index (κ3) is 3.17. The van der Waals surface area contributed by atoms with Crippen LogP contribution in [-0.2, 0) is 14.3 Å². The average molecular weight is 228 g/mol. The van der Waals surface area contributed by atoms with Crippen LogP contribution in [0.15, 0.2) is 0 Å². The highest BCUT2D eigenvalue weighted by molar-refractivity contribution is 5.78. The first-order valence-electron chi connectivity index (χ1n) is 5.95. The lowest BCUT2D eigenvalue weighted by Crippen LogP contribution is -2.49. The van der Waals surface area contributed by atoms with Crippen molar-refractivity contribution < 1.29 is 14.3 Å². The molecule has 2 aliphatic heterocycles. The topological polar surface area (TPSA) is 42.0 Å². The highest BCUT2D eigenvalue weighted by atomic mass is 16.5. The van der Waals surface area contributed by atoms with Crippen molar-refractivity contribution in [2.75, 3.05) is 52.5 Å². The molecule has 0 aromatic heterocycles. The lowest BCUT2D eigenvalue weighted by atomic mass is 10.3. The van der Waals surface area contributed by atoms with Crippen LogP contribution in [0.4, 0.5) is 0 Å². The summed E-state index contributed by atoms with van der Waals surface area (Å²) in [5.74, 6) is 0.220. The number of nitrogens with zero attached hydrogens (tertiary/aromatic N) is 2. The molecule has 1 atom stereocenters. The highest BCUT2D eigenvalue weighted by Gasteiger charge is 2.22. The van der Waals surface area contributed by atoms with E-state index in [-0.39, 0.29) is 12.0 Å². The summed E-state index contributed by atoms with van der Waals surface area (Å²) in [5.41, 5.74) is 0. The maximum atomic E-state index is 12.0. The summed E-state index contributed by atoms with van der Waals surface area (Å²) in [7, 11) is 0. The van der Waals surface area contributed by atoms with E-state index in [1.807, 2.05) is 11.8 Å². The summed E-state index contributed by atoms with van der Waals surface area (Å²) < 4.78 is 10.7. The molecule has 0 bridgehead atoms. The van der Waals surface area contributed by atoms with E-state index in [9.17, 15) is 4.79 Å². The molecule has 2 aliphatic rings. The predicted octanol–water partition coefficient (Wildman–Crippen LogP) is -0.434. The van der Waals surface area contributed by atoms with Gasteiger partial charge >= 0.3 is 0 Å². The van der Waals surface area contributed by atoms with E-state index in [0.717, 1.165) is 32.8 Å². The Morgan fingerprint density at radius 2 is 2.00 bits per heavy atom. The Kier molecular flexibility index (Phi) is 4.15. The van der Waals surface area contributed by atoms with Gasteiger partial charge in [-0.2, -0.15) is 0 Å². The molecule has 0 radical (unpaired) electrons. The molecular formula is C11H20N2O3. The van der Waals surface area contributed by atoms with Crippen molar-refractivity contribution in [2.45, 2.75) is 13.0 Å². The Morgan fingerprint density at radius 3 is 2.69 bits per heavy atom. The summed E-state index contributed by atoms with van der Waals surface area (Å²) >= 11 is 0. The van der Waals surface area contributed by atoms with Crippen LogP contribution in [0, 0.1) is 0 Å². The van der Waals surface area contributed by atoms with Crippen LogP contribution in [0.3, 0.4) is 0 Å². The van der Waals surface area contributed by atoms with Gasteiger partial charge < -0.3 is 14.4 Å². The van der Waals surface area contributed by atoms with Crippen molar-refractivity contribution in [1.82, 2.24) is 9.80 Å². The molecule has 2 heterocycles. The molecule has 0 spiro atoms. The standard InChI is InChI=1S/C11H20N2O3/c1-10-8-12(2-7-16-10)9-11(14)13-3-5-15-6-4-13/h10H,2-9H2,1H3. The summed E-state index contributed by atoms with van der Waals surface area (Å²) in [4.78, 5) is 16.0. The van der Waals surface area contributed by atoms with E-state index in [1.165, 1.54) is 0 Å². The molecule has 2 saturated heterocycles. The van der Waals surface area contributed by atoms with Crippen molar-refractivity contribution >= 4 is 5.91 Å². The Bertz CT molecular complexity index is 241. The number of ether oxygens (including phenoxy) is 2. The van der Waals surface area contributed by atoms with Crippen LogP contribution < -0.4 is 0 Å². The van der Waals surface area contributed by atoms with Crippen LogP contribution >= 0.6 is 0 Å². The van der Waals surface area contributed by atoms with Gasteiger partial charge in [0.05, 0.1) is 32.5 Å². The van der Waals surface area contributed by atoms with Gasteiger partial charge in [0, 0.05) is 26.2 Å². The molecule has 0 aromatic rings. The summed E-state index contributed by atoms with van der Waals surface area (Å²) in [6.07, 6.45) is 0.242. The van der Waals surface area contributed by atoms with Crippen molar-refractivity contribution in [3.8, 4) is 0 Å². The second kappa shape index (κ2) is 5.61. The van der Waals surface area contributed by atoms with E-state index in [1.54, 1.807) is 0 Å². The number of hydrogen-bond acceptors (Lipinski definition) is 4. The maximum absolute atomic E-state index is 12.0. The van der Waals surface area contributed by atoms with Crippen LogP contribution in [0.2, 0.25) is 0 Å². The Hall–Kier alpha value is -0.650. The zero-order valence-electron chi connectivity index (χ0n) is 9.85. The second-order valence-electron chi connectivity index (χ2n) is 4.41. The summed E-state index contributed by atoms with van der Waals surface area (Å²) in [5, 5.41) is 0. The number of rotatable bonds is 2. The van der Waals surface area contributed by atoms with Gasteiger partial charge in [-0.25, -0.2) is 0 Å². The molecule has 92 valence electrons. The molecule has 0 aromatic carbocycles. The van der Waals surface area contributed by atoms with Crippen LogP contribution in [0.25, 0.3) is 0 Å². The SMILES string of the molecule is CC1CN(CC(=O)N2CCOCC2)CCO1. The lowest BCUT2D eigenvalue weighted by molar-refractivity contribution is -0.138. The van der Waals surface area contributed by atoms with E-state index in [2.05, 4.69) is 4.90 Å². The maximum Gasteiger partial charge on any atom is 0.236 e. The Balaban J connectivity index is 1.77. The van der Waals surface area contributed by atoms with Gasteiger partial charge in [-0.15, -0.1) is 0 Å². The molecule has 1 amide bonds. The Morgan fingerprint density at radius 1 is 1.25 bits per heavy atom. The Labute approximate surface area is 96.3 Å². The van der Waals surface area contributed by atoms with Gasteiger partial charge in [0.1, 0.15) is 0 Å². The molecular weight excluding hydrogens is 208 g/mol. The van der Waals surface area contributed by atoms with Crippen LogP contribution in [-0.4, -0.2) is 74.4 Å². The normalized spacial score (nSPS) is 28.1. The predicted molar refractivity (Wildman–Crippen MR) is 59.3 cm³/mol. The summed E-state index contributed by atoms with van der Waals surface area (Å²) in [6.45, 7) is 7.83. The molecule has 16 heavy (non-hydrogen) atoms. The quantitative estimate of drug-likeness (QED) is 0.643. The lowest BCUT2D eigenvalue weighted by Gasteiger charge is -2.33. The van der Waals surface area contributed by atoms with Gasteiger partial charge in [0.25, 0.3) is 0 Å². The van der Waals surface area contributed by atoms with Crippen molar-refractivity contribution in [3.05, 3.63) is 0 Å². The smallest absolute Gasteiger partial charge is 0.236 e. The number of amides is 1. The van der Waals surface area contributed by atoms with Gasteiger partial charge in [-0.3, -0.25) is 9.69 Å². The van der Waals surface area contributed by atoms with Crippen LogP contribution in [0.1, 0.15) is 6.92 Å². The van der Waals surface area contributed by atoms with Crippen LogP contribution in [0.5, 0.6) is 0 Å². The van der Waals surface area contributed by atoms with E-state index in [0.29, 0.717) is 19.8 Å². The van der Waals surface area contributed by atoms with Gasteiger partial charge in [0.2, 0.25) is 5.91 Å². The molecule has 5 heteroatoms. The minimum absolute atomic E-state index is 0.220. The van der Waals surface area contributed by atoms with Crippen molar-refractivity contribution in [3.63, 3.8) is 0 Å². The fraction of sp³-hybridized carbons (Fsp3) is 0.909. The molecule has 2 fully saturated rings. The van der Waals surface area contributed by atoms with Crippen molar-refractivity contribution in [2.24, 2.45) is 0 Å². The van der Waals surface area contributed by atoms with Crippen molar-refractivity contribution in [1.29, 1.82) is 0 Å². The first-order chi connectivity index (χ1) is 7.75. The molecule has 0 aliphatic carbocycles. The first-order valence-corrected chi connectivity index (χ1v) is 5.95. The molecule has 2 rings (SSSR count). The zero-order chi connectivity index (χ0) is 11.4. The van der Waals surface area contributed by atoms with E-state index in [4.69, 9.17) is 9.47 Å². The number of hydrogen-bond donors (Lipinski definition) is 0. The largest absolute Gasteiger partial charge is 0.378 e. The monoisotopic (exact) mass is 228 g/mol. The zero-order valence-corrected chi connectivity index (χ0v) is 9.85. The average Bonchev–Trinajstić information content (AvgIpc) is 2.30. The van der Waals surface area contributed by atoms with Gasteiger partial charge in [-0.1, -0.05) is 0 Å². The van der Waals surface area contributed by atoms with E-state index < -0.39 is 0 Å². The molecule has 1 unspecified atom stereocenters. The second-order valence-corrected chi connectivity index (χ2v) is 4.41. The summed E-state index contributed by atoms with van der Waals surface area (Å²) in [6, 6.07) is 0. The molecule has 5 nitrogen and oxygen atoms in total. The fourth-order valence-corrected chi connectivity index (χ4v) is 2.14. The molecule has 0 N–H and O–H groups in total.